The molecule has 0 aromatic carbocycles. The molecule has 3 unspecified atom stereocenters. The average molecular weight is 271 g/mol. The Morgan fingerprint density at radius 2 is 2.24 bits per heavy atom. The van der Waals surface area contributed by atoms with E-state index in [0.717, 1.165) is 10.9 Å². The van der Waals surface area contributed by atoms with Gasteiger partial charge in [0.25, 0.3) is 0 Å². The van der Waals surface area contributed by atoms with Gasteiger partial charge in [-0.15, -0.1) is 11.8 Å². The van der Waals surface area contributed by atoms with Crippen LogP contribution in [-0.4, -0.2) is 23.3 Å². The van der Waals surface area contributed by atoms with Crippen molar-refractivity contribution in [3.05, 3.63) is 23.4 Å². The fourth-order valence-corrected chi connectivity index (χ4v) is 3.92. The van der Waals surface area contributed by atoms with E-state index in [1.165, 1.54) is 19.3 Å². The van der Waals surface area contributed by atoms with Crippen molar-refractivity contribution >= 4 is 23.4 Å². The minimum atomic E-state index is 0.605. The average Bonchev–Trinajstić information content (AvgIpc) is 2.32. The molecular weight excluding hydrogens is 252 g/mol. The molecule has 1 saturated carbocycles. The molecule has 4 heteroatoms. The second-order valence-corrected chi connectivity index (χ2v) is 6.48. The Balaban J connectivity index is 2.02. The molecule has 0 radical (unpaired) electrons. The van der Waals surface area contributed by atoms with Crippen molar-refractivity contribution in [3.63, 3.8) is 0 Å². The van der Waals surface area contributed by atoms with Gasteiger partial charge in [0.1, 0.15) is 0 Å². The minimum absolute atomic E-state index is 0.605. The molecule has 0 amide bonds. The van der Waals surface area contributed by atoms with Gasteiger partial charge in [-0.25, -0.2) is 4.98 Å². The normalized spacial score (nSPS) is 29.2. The highest BCUT2D eigenvalue weighted by atomic mass is 35.5. The maximum absolute atomic E-state index is 5.85. The van der Waals surface area contributed by atoms with E-state index in [0.29, 0.717) is 16.3 Å². The molecule has 3 atom stereocenters. The van der Waals surface area contributed by atoms with Crippen LogP contribution in [0, 0.1) is 5.92 Å². The number of halogens is 1. The Hall–Kier alpha value is -0.250. The minimum Gasteiger partial charge on any atom is -0.316 e. The highest BCUT2D eigenvalue weighted by molar-refractivity contribution is 7.99. The van der Waals surface area contributed by atoms with Crippen molar-refractivity contribution in [1.29, 1.82) is 0 Å². The van der Waals surface area contributed by atoms with Crippen LogP contribution < -0.4 is 5.32 Å². The molecule has 1 aliphatic rings. The van der Waals surface area contributed by atoms with Crippen molar-refractivity contribution < 1.29 is 0 Å². The van der Waals surface area contributed by atoms with E-state index in [-0.39, 0.29) is 0 Å². The number of hydrogen-bond acceptors (Lipinski definition) is 3. The molecule has 0 aliphatic heterocycles. The van der Waals surface area contributed by atoms with E-state index < -0.39 is 0 Å². The predicted molar refractivity (Wildman–Crippen MR) is 74.8 cm³/mol. The van der Waals surface area contributed by atoms with Crippen molar-refractivity contribution in [2.75, 3.05) is 7.05 Å². The lowest BCUT2D eigenvalue weighted by molar-refractivity contribution is 0.329. The largest absolute Gasteiger partial charge is 0.316 e. The van der Waals surface area contributed by atoms with Gasteiger partial charge in [-0.3, -0.25) is 0 Å². The van der Waals surface area contributed by atoms with E-state index >= 15 is 0 Å². The number of rotatable bonds is 3. The fraction of sp³-hybridized carbons (Fsp3) is 0.615. The summed E-state index contributed by atoms with van der Waals surface area (Å²) in [4.78, 5) is 4.37. The van der Waals surface area contributed by atoms with Crippen LogP contribution in [0.25, 0.3) is 0 Å². The molecule has 1 aliphatic carbocycles. The Kier molecular flexibility index (Phi) is 4.71. The van der Waals surface area contributed by atoms with Gasteiger partial charge in [0.05, 0.1) is 10.0 Å². The summed E-state index contributed by atoms with van der Waals surface area (Å²) < 4.78 is 0. The summed E-state index contributed by atoms with van der Waals surface area (Å²) in [5.41, 5.74) is 0. The highest BCUT2D eigenvalue weighted by Gasteiger charge is 2.28. The lowest BCUT2D eigenvalue weighted by Gasteiger charge is -2.34. The standard InChI is InChI=1S/C13H19ClN2S/c1-9-3-5-11(15-2)12(7-9)17-13-6-4-10(14)8-16-13/h4,6,8-9,11-12,15H,3,5,7H2,1-2H3. The van der Waals surface area contributed by atoms with Gasteiger partial charge in [-0.05, 0) is 44.4 Å². The van der Waals surface area contributed by atoms with Gasteiger partial charge in [0.2, 0.25) is 0 Å². The molecule has 2 rings (SSSR count). The van der Waals surface area contributed by atoms with Crippen LogP contribution in [0.5, 0.6) is 0 Å². The first-order chi connectivity index (χ1) is 8.19. The Morgan fingerprint density at radius 1 is 1.41 bits per heavy atom. The van der Waals surface area contributed by atoms with Crippen molar-refractivity contribution in [2.45, 2.75) is 42.5 Å². The molecule has 0 spiro atoms. The third kappa shape index (κ3) is 3.60. The SMILES string of the molecule is CNC1CCC(C)CC1Sc1ccc(Cl)cn1. The third-order valence-electron chi connectivity index (χ3n) is 3.40. The lowest BCUT2D eigenvalue weighted by atomic mass is 9.87. The van der Waals surface area contributed by atoms with E-state index in [9.17, 15) is 0 Å². The third-order valence-corrected chi connectivity index (χ3v) is 4.93. The second-order valence-electron chi connectivity index (χ2n) is 4.78. The molecule has 0 saturated heterocycles. The molecule has 1 N–H and O–H groups in total. The number of nitrogens with zero attached hydrogens (tertiary/aromatic N) is 1. The molecule has 1 aromatic rings. The molecule has 0 bridgehead atoms. The zero-order valence-corrected chi connectivity index (χ0v) is 11.9. The second kappa shape index (κ2) is 6.07. The molecule has 94 valence electrons. The van der Waals surface area contributed by atoms with Crippen LogP contribution >= 0.6 is 23.4 Å². The van der Waals surface area contributed by atoms with Crippen LogP contribution in [0.3, 0.4) is 0 Å². The Labute approximate surface area is 113 Å². The van der Waals surface area contributed by atoms with E-state index in [1.807, 2.05) is 23.9 Å². The summed E-state index contributed by atoms with van der Waals surface area (Å²) in [6.07, 6.45) is 5.59. The first kappa shape index (κ1) is 13.2. The summed E-state index contributed by atoms with van der Waals surface area (Å²) >= 11 is 7.73. The van der Waals surface area contributed by atoms with Crippen LogP contribution in [0.15, 0.2) is 23.4 Å². The number of aromatic nitrogens is 1. The first-order valence-corrected chi connectivity index (χ1v) is 7.40. The summed E-state index contributed by atoms with van der Waals surface area (Å²) in [7, 11) is 2.06. The number of nitrogens with one attached hydrogen (secondary N) is 1. The van der Waals surface area contributed by atoms with Crippen molar-refractivity contribution in [1.82, 2.24) is 10.3 Å². The number of pyridine rings is 1. The number of hydrogen-bond donors (Lipinski definition) is 1. The molecule has 1 heterocycles. The molecule has 1 fully saturated rings. The molecule has 17 heavy (non-hydrogen) atoms. The van der Waals surface area contributed by atoms with E-state index in [2.05, 4.69) is 24.3 Å². The van der Waals surface area contributed by atoms with Crippen LogP contribution in [0.4, 0.5) is 0 Å². The highest BCUT2D eigenvalue weighted by Crippen LogP contribution is 2.35. The van der Waals surface area contributed by atoms with Gasteiger partial charge in [-0.2, -0.15) is 0 Å². The van der Waals surface area contributed by atoms with Crippen LogP contribution in [0.1, 0.15) is 26.2 Å². The number of thioether (sulfide) groups is 1. The van der Waals surface area contributed by atoms with Gasteiger partial charge in [0, 0.05) is 17.5 Å². The van der Waals surface area contributed by atoms with Crippen molar-refractivity contribution in [2.24, 2.45) is 5.92 Å². The zero-order chi connectivity index (χ0) is 12.3. The summed E-state index contributed by atoms with van der Waals surface area (Å²) in [5.74, 6) is 0.824. The Bertz CT molecular complexity index is 355. The lowest BCUT2D eigenvalue weighted by Crippen LogP contribution is -2.40. The van der Waals surface area contributed by atoms with Crippen molar-refractivity contribution in [3.8, 4) is 0 Å². The van der Waals surface area contributed by atoms with Gasteiger partial charge in [0.15, 0.2) is 0 Å². The molecular formula is C13H19ClN2S. The quantitative estimate of drug-likeness (QED) is 0.908. The van der Waals surface area contributed by atoms with Gasteiger partial charge in [-0.1, -0.05) is 18.5 Å². The monoisotopic (exact) mass is 270 g/mol. The fourth-order valence-electron chi connectivity index (χ4n) is 2.38. The smallest absolute Gasteiger partial charge is 0.0964 e. The Morgan fingerprint density at radius 3 is 2.88 bits per heavy atom. The maximum atomic E-state index is 5.85. The maximum Gasteiger partial charge on any atom is 0.0964 e. The molecule has 2 nitrogen and oxygen atoms in total. The van der Waals surface area contributed by atoms with Gasteiger partial charge >= 0.3 is 0 Å². The van der Waals surface area contributed by atoms with Gasteiger partial charge < -0.3 is 5.32 Å². The van der Waals surface area contributed by atoms with E-state index in [4.69, 9.17) is 11.6 Å². The first-order valence-electron chi connectivity index (χ1n) is 6.14. The van der Waals surface area contributed by atoms with E-state index in [1.54, 1.807) is 6.20 Å². The predicted octanol–water partition coefficient (Wildman–Crippen LogP) is 3.60. The zero-order valence-electron chi connectivity index (χ0n) is 10.3. The summed E-state index contributed by atoms with van der Waals surface area (Å²) in [5, 5.41) is 5.84. The van der Waals surface area contributed by atoms with Crippen LogP contribution in [-0.2, 0) is 0 Å². The summed E-state index contributed by atoms with van der Waals surface area (Å²) in [6.45, 7) is 2.34. The summed E-state index contributed by atoms with van der Waals surface area (Å²) in [6, 6.07) is 4.53. The topological polar surface area (TPSA) is 24.9 Å². The van der Waals surface area contributed by atoms with Crippen LogP contribution in [0.2, 0.25) is 5.02 Å². The molecule has 1 aromatic heterocycles.